The molecule has 0 bridgehead atoms. The van der Waals surface area contributed by atoms with Gasteiger partial charge in [0.05, 0.1) is 17.5 Å². The van der Waals surface area contributed by atoms with Gasteiger partial charge in [0, 0.05) is 10.9 Å². The molecule has 0 aliphatic carbocycles. The number of ether oxygens (including phenoxy) is 1. The lowest BCUT2D eigenvalue weighted by Gasteiger charge is -2.10. The highest BCUT2D eigenvalue weighted by molar-refractivity contribution is 9.08. The maximum absolute atomic E-state index is 12.0. The van der Waals surface area contributed by atoms with E-state index in [-0.39, 0.29) is 5.78 Å². The van der Waals surface area contributed by atoms with Crippen LogP contribution in [0, 0.1) is 0 Å². The smallest absolute Gasteiger partial charge is 0.338 e. The van der Waals surface area contributed by atoms with Gasteiger partial charge in [-0.1, -0.05) is 22.0 Å². The van der Waals surface area contributed by atoms with Crippen LogP contribution in [0.2, 0.25) is 0 Å². The van der Waals surface area contributed by atoms with Crippen molar-refractivity contribution in [1.82, 2.24) is 0 Å². The monoisotopic (exact) mass is 332 g/mol. The Labute approximate surface area is 120 Å². The van der Waals surface area contributed by atoms with E-state index in [9.17, 15) is 9.59 Å². The van der Waals surface area contributed by atoms with Gasteiger partial charge in [0.2, 0.25) is 0 Å². The minimum atomic E-state index is -0.625. The second kappa shape index (κ2) is 6.90. The van der Waals surface area contributed by atoms with Crippen molar-refractivity contribution in [3.05, 3.63) is 34.9 Å². The lowest BCUT2D eigenvalue weighted by molar-refractivity contribution is 0.0526. The van der Waals surface area contributed by atoms with Gasteiger partial charge in [-0.25, -0.2) is 4.79 Å². The summed E-state index contributed by atoms with van der Waals surface area (Å²) in [7, 11) is 0. The van der Waals surface area contributed by atoms with Crippen LogP contribution >= 0.6 is 27.5 Å². The van der Waals surface area contributed by atoms with Gasteiger partial charge in [0.1, 0.15) is 0 Å². The molecule has 1 unspecified atom stereocenters. The lowest BCUT2D eigenvalue weighted by Crippen LogP contribution is -2.14. The SMILES string of the molecule is CCOC(=O)c1ccc(CBr)c(C(=O)C(C)Cl)c1. The first-order valence-corrected chi connectivity index (χ1v) is 7.11. The van der Waals surface area contributed by atoms with Crippen molar-refractivity contribution < 1.29 is 14.3 Å². The number of halogens is 2. The number of hydrogen-bond donors (Lipinski definition) is 0. The van der Waals surface area contributed by atoms with Crippen LogP contribution in [0.4, 0.5) is 0 Å². The molecule has 0 amide bonds. The van der Waals surface area contributed by atoms with Gasteiger partial charge >= 0.3 is 5.97 Å². The zero-order valence-electron chi connectivity index (χ0n) is 10.2. The van der Waals surface area contributed by atoms with E-state index in [0.29, 0.717) is 23.1 Å². The molecule has 1 rings (SSSR count). The molecule has 0 radical (unpaired) electrons. The molecule has 5 heteroatoms. The predicted molar refractivity (Wildman–Crippen MR) is 74.7 cm³/mol. The summed E-state index contributed by atoms with van der Waals surface area (Å²) in [5.74, 6) is -0.632. The third kappa shape index (κ3) is 3.56. The second-order valence-electron chi connectivity index (χ2n) is 3.71. The molecule has 1 aromatic carbocycles. The fraction of sp³-hybridized carbons (Fsp3) is 0.385. The summed E-state index contributed by atoms with van der Waals surface area (Å²) in [6, 6.07) is 4.91. The van der Waals surface area contributed by atoms with Crippen LogP contribution < -0.4 is 0 Å². The van der Waals surface area contributed by atoms with Gasteiger partial charge in [0.15, 0.2) is 5.78 Å². The first-order valence-electron chi connectivity index (χ1n) is 5.55. The quantitative estimate of drug-likeness (QED) is 0.470. The number of hydrogen-bond acceptors (Lipinski definition) is 3. The molecule has 0 saturated carbocycles. The van der Waals surface area contributed by atoms with E-state index in [2.05, 4.69) is 15.9 Å². The van der Waals surface area contributed by atoms with Crippen molar-refractivity contribution in [3.63, 3.8) is 0 Å². The molecule has 98 valence electrons. The van der Waals surface area contributed by atoms with Crippen LogP contribution in [-0.4, -0.2) is 23.7 Å². The highest BCUT2D eigenvalue weighted by Crippen LogP contribution is 2.19. The minimum absolute atomic E-state index is 0.197. The minimum Gasteiger partial charge on any atom is -0.462 e. The van der Waals surface area contributed by atoms with Gasteiger partial charge < -0.3 is 4.74 Å². The molecule has 0 heterocycles. The van der Waals surface area contributed by atoms with E-state index in [0.717, 1.165) is 5.56 Å². The Morgan fingerprint density at radius 1 is 1.44 bits per heavy atom. The summed E-state index contributed by atoms with van der Waals surface area (Å²) in [4.78, 5) is 23.6. The Morgan fingerprint density at radius 2 is 2.11 bits per heavy atom. The van der Waals surface area contributed by atoms with Crippen molar-refractivity contribution in [3.8, 4) is 0 Å². The van der Waals surface area contributed by atoms with Crippen molar-refractivity contribution in [1.29, 1.82) is 0 Å². The zero-order chi connectivity index (χ0) is 13.7. The van der Waals surface area contributed by atoms with Crippen LogP contribution in [0.1, 0.15) is 40.1 Å². The topological polar surface area (TPSA) is 43.4 Å². The standard InChI is InChI=1S/C13H14BrClO3/c1-3-18-13(17)9-4-5-10(7-14)11(6-9)12(16)8(2)15/h4-6,8H,3,7H2,1-2H3. The largest absolute Gasteiger partial charge is 0.462 e. The fourth-order valence-corrected chi connectivity index (χ4v) is 2.08. The molecule has 18 heavy (non-hydrogen) atoms. The summed E-state index contributed by atoms with van der Waals surface area (Å²) in [6.45, 7) is 3.64. The van der Waals surface area contributed by atoms with E-state index in [1.807, 2.05) is 0 Å². The maximum Gasteiger partial charge on any atom is 0.338 e. The molecule has 3 nitrogen and oxygen atoms in total. The summed E-state index contributed by atoms with van der Waals surface area (Å²) in [5.41, 5.74) is 1.63. The van der Waals surface area contributed by atoms with Crippen molar-refractivity contribution >= 4 is 39.3 Å². The van der Waals surface area contributed by atoms with Gasteiger partial charge in [-0.2, -0.15) is 0 Å². The Morgan fingerprint density at radius 3 is 2.61 bits per heavy atom. The van der Waals surface area contributed by atoms with Gasteiger partial charge in [-0.05, 0) is 31.5 Å². The molecule has 0 spiro atoms. The van der Waals surface area contributed by atoms with E-state index in [1.165, 1.54) is 6.07 Å². The number of alkyl halides is 2. The van der Waals surface area contributed by atoms with Crippen molar-refractivity contribution in [2.75, 3.05) is 6.61 Å². The molecule has 1 aromatic rings. The molecule has 0 fully saturated rings. The van der Waals surface area contributed by atoms with Crippen LogP contribution in [0.5, 0.6) is 0 Å². The summed E-state index contributed by atoms with van der Waals surface area (Å²) >= 11 is 9.11. The third-order valence-corrected chi connectivity index (χ3v) is 3.19. The maximum atomic E-state index is 12.0. The molecule has 0 aromatic heterocycles. The number of carbonyl (C=O) groups excluding carboxylic acids is 2. The Kier molecular flexibility index (Phi) is 5.82. The first kappa shape index (κ1) is 15.2. The summed E-state index contributed by atoms with van der Waals surface area (Å²) in [5, 5.41) is -0.0962. The number of esters is 1. The highest BCUT2D eigenvalue weighted by Gasteiger charge is 2.18. The normalized spacial score (nSPS) is 12.0. The number of carbonyl (C=O) groups is 2. The Hall–Kier alpha value is -0.870. The first-order chi connectivity index (χ1) is 8.51. The summed E-state index contributed by atoms with van der Waals surface area (Å²) in [6.07, 6.45) is 0. The van der Waals surface area contributed by atoms with Crippen molar-refractivity contribution in [2.24, 2.45) is 0 Å². The molecule has 1 atom stereocenters. The number of benzene rings is 1. The number of Topliss-reactive ketones (excluding diaryl/α,β-unsaturated/α-hetero) is 1. The molecule has 0 saturated heterocycles. The van der Waals surface area contributed by atoms with E-state index in [4.69, 9.17) is 16.3 Å². The van der Waals surface area contributed by atoms with Crippen LogP contribution in [0.3, 0.4) is 0 Å². The Bertz CT molecular complexity index is 458. The third-order valence-electron chi connectivity index (χ3n) is 2.39. The van der Waals surface area contributed by atoms with E-state index < -0.39 is 11.3 Å². The van der Waals surface area contributed by atoms with Gasteiger partial charge in [-0.15, -0.1) is 11.6 Å². The average molecular weight is 334 g/mol. The summed E-state index contributed by atoms with van der Waals surface area (Å²) < 4.78 is 4.90. The molecule has 0 aliphatic heterocycles. The van der Waals surface area contributed by atoms with E-state index >= 15 is 0 Å². The van der Waals surface area contributed by atoms with Crippen LogP contribution in [-0.2, 0) is 10.1 Å². The Balaban J connectivity index is 3.17. The van der Waals surface area contributed by atoms with Crippen LogP contribution in [0.25, 0.3) is 0 Å². The van der Waals surface area contributed by atoms with E-state index in [1.54, 1.807) is 26.0 Å². The zero-order valence-corrected chi connectivity index (χ0v) is 12.5. The molecular weight excluding hydrogens is 319 g/mol. The molecule has 0 aliphatic rings. The average Bonchev–Trinajstić information content (AvgIpc) is 2.37. The molecular formula is C13H14BrClO3. The highest BCUT2D eigenvalue weighted by atomic mass is 79.9. The lowest BCUT2D eigenvalue weighted by atomic mass is 10.00. The predicted octanol–water partition coefficient (Wildman–Crippen LogP) is 3.57. The van der Waals surface area contributed by atoms with Gasteiger partial charge in [-0.3, -0.25) is 4.79 Å². The number of rotatable bonds is 5. The number of ketones is 1. The second-order valence-corrected chi connectivity index (χ2v) is 4.92. The van der Waals surface area contributed by atoms with Gasteiger partial charge in [0.25, 0.3) is 0 Å². The fourth-order valence-electron chi connectivity index (χ4n) is 1.48. The van der Waals surface area contributed by atoms with Crippen LogP contribution in [0.15, 0.2) is 18.2 Å². The molecule has 0 N–H and O–H groups in total. The van der Waals surface area contributed by atoms with Crippen molar-refractivity contribution in [2.45, 2.75) is 24.6 Å².